The van der Waals surface area contributed by atoms with Gasteiger partial charge < -0.3 is 15.0 Å². The van der Waals surface area contributed by atoms with E-state index < -0.39 is 0 Å². The number of ether oxygens (including phenoxy) is 1. The Labute approximate surface area is 127 Å². The van der Waals surface area contributed by atoms with Gasteiger partial charge in [0, 0.05) is 36.7 Å². The molecular weight excluding hydrogens is 270 g/mol. The van der Waals surface area contributed by atoms with E-state index >= 15 is 0 Å². The van der Waals surface area contributed by atoms with Gasteiger partial charge in [-0.3, -0.25) is 4.99 Å². The molecule has 4 nitrogen and oxygen atoms in total. The Morgan fingerprint density at radius 3 is 2.95 bits per heavy atom. The highest BCUT2D eigenvalue weighted by Crippen LogP contribution is 2.29. The van der Waals surface area contributed by atoms with E-state index in [0.29, 0.717) is 10.9 Å². The first kappa shape index (κ1) is 16.0. The molecule has 0 aromatic rings. The average Bonchev–Trinajstić information content (AvgIpc) is 2.43. The summed E-state index contributed by atoms with van der Waals surface area (Å²) in [5.74, 6) is 2.24. The predicted octanol–water partition coefficient (Wildman–Crippen LogP) is 2.35. The summed E-state index contributed by atoms with van der Waals surface area (Å²) in [5.41, 5.74) is 0. The van der Waals surface area contributed by atoms with Crippen molar-refractivity contribution in [2.24, 2.45) is 4.99 Å². The molecule has 0 spiro atoms. The van der Waals surface area contributed by atoms with Gasteiger partial charge in [-0.15, -0.1) is 0 Å². The van der Waals surface area contributed by atoms with Crippen LogP contribution in [0.25, 0.3) is 0 Å². The lowest BCUT2D eigenvalue weighted by molar-refractivity contribution is 0.0223. The summed E-state index contributed by atoms with van der Waals surface area (Å²) >= 11 is 2.06. The highest BCUT2D eigenvalue weighted by Gasteiger charge is 2.28. The second-order valence-corrected chi connectivity index (χ2v) is 8.02. The lowest BCUT2D eigenvalue weighted by Gasteiger charge is -2.39. The molecule has 0 aliphatic carbocycles. The molecular formula is C15H29N3OS. The molecule has 2 rings (SSSR count). The zero-order valence-corrected chi connectivity index (χ0v) is 14.0. The zero-order valence-electron chi connectivity index (χ0n) is 13.2. The SMILES string of the molecule is CCNC(=NCC1CCCCO1)N1CCSC(C)(C)C1. The van der Waals surface area contributed by atoms with Crippen molar-refractivity contribution in [3.05, 3.63) is 0 Å². The van der Waals surface area contributed by atoms with E-state index in [-0.39, 0.29) is 0 Å². The Bertz CT molecular complexity index is 327. The zero-order chi connectivity index (χ0) is 14.4. The van der Waals surface area contributed by atoms with E-state index in [1.54, 1.807) is 0 Å². The number of hydrogen-bond acceptors (Lipinski definition) is 3. The monoisotopic (exact) mass is 299 g/mol. The first-order valence-corrected chi connectivity index (χ1v) is 8.88. The van der Waals surface area contributed by atoms with Crippen LogP contribution in [0, 0.1) is 0 Å². The second-order valence-electron chi connectivity index (χ2n) is 6.21. The minimum absolute atomic E-state index is 0.315. The molecule has 0 saturated carbocycles. The van der Waals surface area contributed by atoms with Gasteiger partial charge in [-0.2, -0.15) is 11.8 Å². The van der Waals surface area contributed by atoms with Crippen LogP contribution >= 0.6 is 11.8 Å². The van der Waals surface area contributed by atoms with Crippen molar-refractivity contribution in [1.82, 2.24) is 10.2 Å². The van der Waals surface area contributed by atoms with Crippen LogP contribution in [0.4, 0.5) is 0 Å². The first-order chi connectivity index (χ1) is 9.61. The predicted molar refractivity (Wildman–Crippen MR) is 87.7 cm³/mol. The third-order valence-electron chi connectivity index (χ3n) is 3.78. The van der Waals surface area contributed by atoms with E-state index in [1.165, 1.54) is 18.6 Å². The summed E-state index contributed by atoms with van der Waals surface area (Å²) in [4.78, 5) is 7.23. The van der Waals surface area contributed by atoms with Crippen molar-refractivity contribution < 1.29 is 4.74 Å². The van der Waals surface area contributed by atoms with Crippen molar-refractivity contribution in [2.75, 3.05) is 38.5 Å². The minimum Gasteiger partial charge on any atom is -0.376 e. The van der Waals surface area contributed by atoms with E-state index in [9.17, 15) is 0 Å². The number of rotatable bonds is 3. The van der Waals surface area contributed by atoms with Crippen molar-refractivity contribution in [1.29, 1.82) is 0 Å². The summed E-state index contributed by atoms with van der Waals surface area (Å²) in [6, 6.07) is 0. The molecule has 0 amide bonds. The molecule has 2 saturated heterocycles. The van der Waals surface area contributed by atoms with Crippen LogP contribution < -0.4 is 5.32 Å². The molecule has 5 heteroatoms. The van der Waals surface area contributed by atoms with Crippen LogP contribution in [-0.4, -0.2) is 60.2 Å². The maximum absolute atomic E-state index is 5.78. The van der Waals surface area contributed by atoms with Gasteiger partial charge in [0.1, 0.15) is 0 Å². The topological polar surface area (TPSA) is 36.9 Å². The molecule has 0 aromatic carbocycles. The van der Waals surface area contributed by atoms with E-state index in [2.05, 4.69) is 42.7 Å². The molecule has 1 N–H and O–H groups in total. The lowest BCUT2D eigenvalue weighted by atomic mass is 10.1. The van der Waals surface area contributed by atoms with Crippen LogP contribution in [0.5, 0.6) is 0 Å². The number of hydrogen-bond donors (Lipinski definition) is 1. The van der Waals surface area contributed by atoms with E-state index in [4.69, 9.17) is 9.73 Å². The third kappa shape index (κ3) is 4.85. The van der Waals surface area contributed by atoms with Crippen molar-refractivity contribution in [2.45, 2.75) is 50.9 Å². The van der Waals surface area contributed by atoms with Crippen molar-refractivity contribution in [3.63, 3.8) is 0 Å². The summed E-state index contributed by atoms with van der Waals surface area (Å²) in [6.07, 6.45) is 3.97. The molecule has 2 aliphatic rings. The van der Waals surface area contributed by atoms with Gasteiger partial charge >= 0.3 is 0 Å². The third-order valence-corrected chi connectivity index (χ3v) is 5.08. The fraction of sp³-hybridized carbons (Fsp3) is 0.933. The average molecular weight is 299 g/mol. The van der Waals surface area contributed by atoms with Gasteiger partial charge in [-0.25, -0.2) is 0 Å². The maximum Gasteiger partial charge on any atom is 0.194 e. The first-order valence-electron chi connectivity index (χ1n) is 7.89. The molecule has 1 unspecified atom stereocenters. The van der Waals surface area contributed by atoms with Gasteiger partial charge in [0.15, 0.2) is 5.96 Å². The molecule has 0 radical (unpaired) electrons. The van der Waals surface area contributed by atoms with Crippen LogP contribution in [0.1, 0.15) is 40.0 Å². The molecule has 0 aromatic heterocycles. The van der Waals surface area contributed by atoms with Gasteiger partial charge in [0.2, 0.25) is 0 Å². The summed E-state index contributed by atoms with van der Waals surface area (Å²) in [5, 5.41) is 3.44. The highest BCUT2D eigenvalue weighted by atomic mass is 32.2. The largest absolute Gasteiger partial charge is 0.376 e. The summed E-state index contributed by atoms with van der Waals surface area (Å²) in [7, 11) is 0. The number of nitrogens with one attached hydrogen (secondary N) is 1. The molecule has 116 valence electrons. The Hall–Kier alpha value is -0.420. The Kier molecular flexibility index (Phi) is 6.02. The van der Waals surface area contributed by atoms with Crippen LogP contribution in [0.2, 0.25) is 0 Å². The normalized spacial score (nSPS) is 27.4. The number of nitrogens with zero attached hydrogens (tertiary/aromatic N) is 2. The number of thioether (sulfide) groups is 1. The van der Waals surface area contributed by atoms with Crippen LogP contribution in [-0.2, 0) is 4.74 Å². The molecule has 2 aliphatic heterocycles. The highest BCUT2D eigenvalue weighted by molar-refractivity contribution is 8.00. The van der Waals surface area contributed by atoms with E-state index in [1.807, 2.05) is 0 Å². The smallest absolute Gasteiger partial charge is 0.194 e. The Balaban J connectivity index is 1.94. The second kappa shape index (κ2) is 7.55. The van der Waals surface area contributed by atoms with Crippen LogP contribution in [0.15, 0.2) is 4.99 Å². The van der Waals surface area contributed by atoms with Crippen LogP contribution in [0.3, 0.4) is 0 Å². The quantitative estimate of drug-likeness (QED) is 0.641. The Morgan fingerprint density at radius 2 is 2.30 bits per heavy atom. The fourth-order valence-corrected chi connectivity index (χ4v) is 3.87. The summed E-state index contributed by atoms with van der Waals surface area (Å²) < 4.78 is 6.09. The molecule has 2 fully saturated rings. The molecule has 20 heavy (non-hydrogen) atoms. The van der Waals surface area contributed by atoms with Gasteiger partial charge in [-0.1, -0.05) is 0 Å². The molecule has 2 heterocycles. The molecule has 0 bridgehead atoms. The fourth-order valence-electron chi connectivity index (χ4n) is 2.76. The van der Waals surface area contributed by atoms with Gasteiger partial charge in [0.05, 0.1) is 12.6 Å². The van der Waals surface area contributed by atoms with Gasteiger partial charge in [0.25, 0.3) is 0 Å². The van der Waals surface area contributed by atoms with Crippen molar-refractivity contribution >= 4 is 17.7 Å². The number of guanidine groups is 1. The molecule has 1 atom stereocenters. The van der Waals surface area contributed by atoms with E-state index in [0.717, 1.165) is 45.2 Å². The standard InChI is InChI=1S/C15H29N3OS/c1-4-16-14(17-11-13-7-5-6-9-19-13)18-8-10-20-15(2,3)12-18/h13H,4-12H2,1-3H3,(H,16,17). The Morgan fingerprint density at radius 1 is 1.45 bits per heavy atom. The van der Waals surface area contributed by atoms with Crippen molar-refractivity contribution in [3.8, 4) is 0 Å². The lowest BCUT2D eigenvalue weighted by Crippen LogP contribution is -2.51. The summed E-state index contributed by atoms with van der Waals surface area (Å²) in [6.45, 7) is 11.6. The minimum atomic E-state index is 0.315. The van der Waals surface area contributed by atoms with Gasteiger partial charge in [-0.05, 0) is 40.0 Å². The number of aliphatic imine (C=N–C) groups is 1. The maximum atomic E-state index is 5.78.